The second-order valence-corrected chi connectivity index (χ2v) is 6.61. The lowest BCUT2D eigenvalue weighted by Crippen LogP contribution is -2.21. The molecule has 0 spiro atoms. The zero-order valence-electron chi connectivity index (χ0n) is 12.3. The van der Waals surface area contributed by atoms with E-state index in [0.717, 1.165) is 41.0 Å². The second kappa shape index (κ2) is 7.89. The second-order valence-electron chi connectivity index (χ2n) is 5.44. The van der Waals surface area contributed by atoms with E-state index >= 15 is 0 Å². The first-order valence-corrected chi connectivity index (χ1v) is 8.25. The molecule has 0 aliphatic rings. The van der Waals surface area contributed by atoms with E-state index in [-0.39, 0.29) is 5.82 Å². The summed E-state index contributed by atoms with van der Waals surface area (Å²) in [6.45, 7) is 6.38. The number of nitrogens with one attached hydrogen (secondary N) is 1. The van der Waals surface area contributed by atoms with Gasteiger partial charge in [-0.25, -0.2) is 9.37 Å². The SMILES string of the molecule is CC(C)CNCCCc1ncc(-c2ccc(F)cc2I)o1. The normalized spacial score (nSPS) is 11.3. The van der Waals surface area contributed by atoms with Gasteiger partial charge in [-0.15, -0.1) is 0 Å². The van der Waals surface area contributed by atoms with Crippen molar-refractivity contribution in [3.8, 4) is 11.3 Å². The van der Waals surface area contributed by atoms with Gasteiger partial charge in [0.05, 0.1) is 6.20 Å². The van der Waals surface area contributed by atoms with Crippen LogP contribution in [0.3, 0.4) is 0 Å². The Kier molecular flexibility index (Phi) is 6.17. The molecular weight excluding hydrogens is 382 g/mol. The van der Waals surface area contributed by atoms with Crippen LogP contribution in [0.4, 0.5) is 4.39 Å². The number of halogens is 2. The topological polar surface area (TPSA) is 38.1 Å². The van der Waals surface area contributed by atoms with E-state index in [2.05, 4.69) is 46.7 Å². The van der Waals surface area contributed by atoms with Crippen molar-refractivity contribution < 1.29 is 8.81 Å². The third kappa shape index (κ3) is 5.07. The smallest absolute Gasteiger partial charge is 0.194 e. The van der Waals surface area contributed by atoms with Gasteiger partial charge in [0.25, 0.3) is 0 Å². The number of hydrogen-bond donors (Lipinski definition) is 1. The molecule has 21 heavy (non-hydrogen) atoms. The van der Waals surface area contributed by atoms with Gasteiger partial charge in [0.15, 0.2) is 11.7 Å². The summed E-state index contributed by atoms with van der Waals surface area (Å²) in [5.41, 5.74) is 0.883. The molecule has 1 N–H and O–H groups in total. The molecule has 0 radical (unpaired) electrons. The molecule has 0 saturated heterocycles. The van der Waals surface area contributed by atoms with Crippen LogP contribution in [0.25, 0.3) is 11.3 Å². The largest absolute Gasteiger partial charge is 0.441 e. The van der Waals surface area contributed by atoms with Gasteiger partial charge < -0.3 is 9.73 Å². The molecule has 0 unspecified atom stereocenters. The third-order valence-corrected chi connectivity index (χ3v) is 3.94. The summed E-state index contributed by atoms with van der Waals surface area (Å²) in [7, 11) is 0. The molecule has 3 nitrogen and oxygen atoms in total. The van der Waals surface area contributed by atoms with Crippen molar-refractivity contribution in [2.45, 2.75) is 26.7 Å². The van der Waals surface area contributed by atoms with E-state index in [0.29, 0.717) is 11.7 Å². The van der Waals surface area contributed by atoms with E-state index in [1.165, 1.54) is 12.1 Å². The number of nitrogens with zero attached hydrogens (tertiary/aromatic N) is 1. The molecular formula is C16H20FIN2O. The zero-order valence-corrected chi connectivity index (χ0v) is 14.5. The van der Waals surface area contributed by atoms with Gasteiger partial charge in [-0.05, 0) is 66.2 Å². The van der Waals surface area contributed by atoms with Gasteiger partial charge >= 0.3 is 0 Å². The minimum Gasteiger partial charge on any atom is -0.441 e. The van der Waals surface area contributed by atoms with Crippen LogP contribution in [0, 0.1) is 15.3 Å². The van der Waals surface area contributed by atoms with Crippen molar-refractivity contribution in [2.24, 2.45) is 5.92 Å². The number of aryl methyl sites for hydroxylation is 1. The molecule has 0 bridgehead atoms. The first kappa shape index (κ1) is 16.4. The minimum absolute atomic E-state index is 0.237. The summed E-state index contributed by atoms with van der Waals surface area (Å²) in [5.74, 6) is 1.86. The highest BCUT2D eigenvalue weighted by molar-refractivity contribution is 14.1. The molecule has 1 heterocycles. The Morgan fingerprint density at radius 3 is 2.90 bits per heavy atom. The van der Waals surface area contributed by atoms with E-state index in [1.807, 2.05) is 0 Å². The molecule has 2 aromatic rings. The van der Waals surface area contributed by atoms with Crippen molar-refractivity contribution in [2.75, 3.05) is 13.1 Å². The van der Waals surface area contributed by atoms with E-state index in [9.17, 15) is 4.39 Å². The van der Waals surface area contributed by atoms with Crippen LogP contribution in [0.1, 0.15) is 26.2 Å². The Hall–Kier alpha value is -0.950. The number of benzene rings is 1. The fourth-order valence-corrected chi connectivity index (χ4v) is 2.74. The number of aromatic nitrogens is 1. The quantitative estimate of drug-likeness (QED) is 0.556. The van der Waals surface area contributed by atoms with Crippen LogP contribution < -0.4 is 5.32 Å². The van der Waals surface area contributed by atoms with Crippen LogP contribution in [0.15, 0.2) is 28.8 Å². The number of rotatable bonds is 7. The monoisotopic (exact) mass is 402 g/mol. The Morgan fingerprint density at radius 2 is 2.19 bits per heavy atom. The standard InChI is InChI=1S/C16H20FIN2O/c1-11(2)9-19-7-3-4-16-20-10-15(21-16)13-6-5-12(17)8-14(13)18/h5-6,8,10-11,19H,3-4,7,9H2,1-2H3. The van der Waals surface area contributed by atoms with Crippen LogP contribution in [0.2, 0.25) is 0 Å². The molecule has 114 valence electrons. The first-order chi connectivity index (χ1) is 10.1. The van der Waals surface area contributed by atoms with Crippen molar-refractivity contribution in [3.63, 3.8) is 0 Å². The summed E-state index contributed by atoms with van der Waals surface area (Å²) in [5, 5.41) is 3.40. The maximum atomic E-state index is 13.1. The lowest BCUT2D eigenvalue weighted by molar-refractivity contribution is 0.483. The fraction of sp³-hybridized carbons (Fsp3) is 0.438. The maximum Gasteiger partial charge on any atom is 0.194 e. The van der Waals surface area contributed by atoms with Gasteiger partial charge in [0.1, 0.15) is 5.82 Å². The van der Waals surface area contributed by atoms with Crippen molar-refractivity contribution in [1.82, 2.24) is 10.3 Å². The Labute approximate surface area is 138 Å². The summed E-state index contributed by atoms with van der Waals surface area (Å²) in [4.78, 5) is 4.30. The highest BCUT2D eigenvalue weighted by Crippen LogP contribution is 2.26. The average Bonchev–Trinajstić information content (AvgIpc) is 2.86. The number of oxazole rings is 1. The molecule has 5 heteroatoms. The Bertz CT molecular complexity index is 583. The average molecular weight is 402 g/mol. The number of hydrogen-bond acceptors (Lipinski definition) is 3. The predicted octanol–water partition coefficient (Wildman–Crippen LogP) is 4.26. The van der Waals surface area contributed by atoms with Crippen LogP contribution in [-0.2, 0) is 6.42 Å². The fourth-order valence-electron chi connectivity index (χ4n) is 2.00. The highest BCUT2D eigenvalue weighted by Gasteiger charge is 2.10. The highest BCUT2D eigenvalue weighted by atomic mass is 127. The van der Waals surface area contributed by atoms with Crippen LogP contribution in [-0.4, -0.2) is 18.1 Å². The third-order valence-electron chi connectivity index (χ3n) is 3.05. The molecule has 0 amide bonds. The van der Waals surface area contributed by atoms with Gasteiger partial charge in [-0.2, -0.15) is 0 Å². The summed E-state index contributed by atoms with van der Waals surface area (Å²) >= 11 is 2.11. The first-order valence-electron chi connectivity index (χ1n) is 7.17. The predicted molar refractivity (Wildman–Crippen MR) is 90.6 cm³/mol. The van der Waals surface area contributed by atoms with Gasteiger partial charge in [0.2, 0.25) is 0 Å². The molecule has 0 atom stereocenters. The molecule has 1 aromatic heterocycles. The van der Waals surface area contributed by atoms with E-state index < -0.39 is 0 Å². The van der Waals surface area contributed by atoms with Gasteiger partial charge in [-0.1, -0.05) is 13.8 Å². The Morgan fingerprint density at radius 1 is 1.38 bits per heavy atom. The summed E-state index contributed by atoms with van der Waals surface area (Å²) < 4.78 is 19.7. The lowest BCUT2D eigenvalue weighted by Gasteiger charge is -2.05. The van der Waals surface area contributed by atoms with Gasteiger partial charge in [0, 0.05) is 15.6 Å². The molecule has 0 saturated carbocycles. The maximum absolute atomic E-state index is 13.1. The van der Waals surface area contributed by atoms with Crippen LogP contribution >= 0.6 is 22.6 Å². The van der Waals surface area contributed by atoms with Crippen molar-refractivity contribution >= 4 is 22.6 Å². The van der Waals surface area contributed by atoms with Crippen LogP contribution in [0.5, 0.6) is 0 Å². The summed E-state index contributed by atoms with van der Waals surface area (Å²) in [6.07, 6.45) is 3.52. The van der Waals surface area contributed by atoms with Crippen molar-refractivity contribution in [1.29, 1.82) is 0 Å². The zero-order chi connectivity index (χ0) is 15.2. The Balaban J connectivity index is 1.89. The molecule has 2 rings (SSSR count). The molecule has 1 aromatic carbocycles. The summed E-state index contributed by atoms with van der Waals surface area (Å²) in [6, 6.07) is 4.66. The minimum atomic E-state index is -0.237. The van der Waals surface area contributed by atoms with Gasteiger partial charge in [-0.3, -0.25) is 0 Å². The van der Waals surface area contributed by atoms with Crippen molar-refractivity contribution in [3.05, 3.63) is 39.7 Å². The van der Waals surface area contributed by atoms with E-state index in [1.54, 1.807) is 12.3 Å². The molecule has 0 aliphatic heterocycles. The lowest BCUT2D eigenvalue weighted by atomic mass is 10.2. The van der Waals surface area contributed by atoms with E-state index in [4.69, 9.17) is 4.42 Å². The molecule has 0 fully saturated rings. The molecule has 0 aliphatic carbocycles.